The number of rotatable bonds is 6. The Balaban J connectivity index is 0.000000163. The van der Waals surface area contributed by atoms with E-state index in [1.54, 1.807) is 18.2 Å². The van der Waals surface area contributed by atoms with E-state index in [9.17, 15) is 20.2 Å². The molecule has 0 fully saturated rings. The SMILES string of the molecule is Brc1ccc2c(c1)-c1ccccc1C2.Cc1ccccc1-n1c2ccccc2c2cc(-c3ccccc3[N+](=O)[O-])ccc21.Cc1ccccc1-n1c2ccccc2c2cc(Br)ccc21.Cc1ccccc1C.Cc1ccccc1C.Cc1ccccc1C.Cc1ccccc1C.Cc1ccccc1C.Cc1ccccc1C.Cc1ccccc1C.Cc1ccccc1C.O=[N+]([O-])c1ccccc1B(O)O. The number of nitro groups is 2. The van der Waals surface area contributed by atoms with Gasteiger partial charge in [-0.1, -0.05) is 366 Å². The summed E-state index contributed by atoms with van der Waals surface area (Å²) in [5.74, 6) is 0. The molecule has 2 N–H and O–H groups in total. The zero-order valence-electron chi connectivity index (χ0n) is 83.7. The number of hydrogen-bond donors (Lipinski definition) is 2. The summed E-state index contributed by atoms with van der Waals surface area (Å²) in [6, 6.07) is 141. The molecule has 0 unspecified atom stereocenters. The third-order valence-corrected chi connectivity index (χ3v) is 26.0. The molecule has 10 nitrogen and oxygen atoms in total. The van der Waals surface area contributed by atoms with E-state index < -0.39 is 12.0 Å². The maximum atomic E-state index is 11.5. The normalized spacial score (nSPS) is 10.3. The molecule has 2 aromatic heterocycles. The molecular formula is C127H127BBr2N4O6. The van der Waals surface area contributed by atoms with E-state index in [-0.39, 0.29) is 21.8 Å². The predicted molar refractivity (Wildman–Crippen MR) is 603 cm³/mol. The second kappa shape index (κ2) is 53.9. The zero-order valence-corrected chi connectivity index (χ0v) is 86.9. The zero-order chi connectivity index (χ0) is 101. The van der Waals surface area contributed by atoms with Gasteiger partial charge in [0.25, 0.3) is 11.4 Å². The quantitative estimate of drug-likeness (QED) is 0.0966. The first-order chi connectivity index (χ1) is 67.3. The van der Waals surface area contributed by atoms with Crippen LogP contribution in [0.15, 0.2) is 428 Å². The molecular weight excluding hydrogens is 1850 g/mol. The minimum absolute atomic E-state index is 0.0949. The largest absolute Gasteiger partial charge is 0.495 e. The van der Waals surface area contributed by atoms with Gasteiger partial charge in [-0.3, -0.25) is 20.2 Å². The van der Waals surface area contributed by atoms with Gasteiger partial charge in [0, 0.05) is 54.0 Å². The average Bonchev–Trinajstić information content (AvgIpc) is 1.58. The molecule has 1 aliphatic rings. The van der Waals surface area contributed by atoms with Crippen LogP contribution in [0.5, 0.6) is 0 Å². The molecule has 20 aromatic rings. The minimum atomic E-state index is -1.80. The lowest BCUT2D eigenvalue weighted by atomic mass is 9.79. The first kappa shape index (κ1) is 107. The van der Waals surface area contributed by atoms with Gasteiger partial charge in [0.15, 0.2) is 0 Å². The van der Waals surface area contributed by atoms with Crippen molar-refractivity contribution in [3.05, 3.63) is 559 Å². The van der Waals surface area contributed by atoms with Crippen LogP contribution in [0.2, 0.25) is 0 Å². The number of para-hydroxylation sites is 6. The molecule has 708 valence electrons. The van der Waals surface area contributed by atoms with Crippen LogP contribution in [0.25, 0.3) is 77.2 Å². The van der Waals surface area contributed by atoms with E-state index in [0.717, 1.165) is 48.4 Å². The van der Waals surface area contributed by atoms with Crippen molar-refractivity contribution in [2.45, 2.75) is 131 Å². The Kier molecular flexibility index (Phi) is 41.3. The predicted octanol–water partition coefficient (Wildman–Crippen LogP) is 34.2. The van der Waals surface area contributed by atoms with E-state index in [0.29, 0.717) is 5.56 Å². The number of aromatic nitrogens is 2. The van der Waals surface area contributed by atoms with Gasteiger partial charge >= 0.3 is 7.12 Å². The first-order valence-electron chi connectivity index (χ1n) is 47.0. The maximum Gasteiger partial charge on any atom is 0.495 e. The summed E-state index contributed by atoms with van der Waals surface area (Å²) in [4.78, 5) is 20.8. The Labute approximate surface area is 845 Å². The van der Waals surface area contributed by atoms with E-state index in [2.05, 4.69) is 505 Å². The lowest BCUT2D eigenvalue weighted by molar-refractivity contribution is -0.384. The number of benzene rings is 18. The number of hydrogen-bond acceptors (Lipinski definition) is 6. The third kappa shape index (κ3) is 30.7. The summed E-state index contributed by atoms with van der Waals surface area (Å²) in [5, 5.41) is 44.0. The van der Waals surface area contributed by atoms with Gasteiger partial charge in [0.1, 0.15) is 0 Å². The van der Waals surface area contributed by atoms with Gasteiger partial charge < -0.3 is 19.2 Å². The molecule has 0 saturated carbocycles. The van der Waals surface area contributed by atoms with Gasteiger partial charge in [-0.15, -0.1) is 0 Å². The third-order valence-electron chi connectivity index (χ3n) is 25.0. The summed E-state index contributed by atoms with van der Waals surface area (Å²) in [6.45, 7) is 38.2. The molecule has 1 aliphatic carbocycles. The Morgan fingerprint density at radius 1 is 0.236 bits per heavy atom. The lowest BCUT2D eigenvalue weighted by Gasteiger charge is -2.11. The summed E-state index contributed by atoms with van der Waals surface area (Å²) >= 11 is 7.11. The molecule has 21 rings (SSSR count). The van der Waals surface area contributed by atoms with Crippen LogP contribution >= 0.6 is 31.9 Å². The molecule has 13 heteroatoms. The van der Waals surface area contributed by atoms with Crippen LogP contribution in [-0.4, -0.2) is 36.1 Å². The molecule has 18 aromatic carbocycles. The molecule has 0 spiro atoms. The van der Waals surface area contributed by atoms with Gasteiger partial charge in [-0.25, -0.2) is 0 Å². The minimum Gasteiger partial charge on any atom is -0.423 e. The summed E-state index contributed by atoms with van der Waals surface area (Å²) in [7, 11) is -1.80. The van der Waals surface area contributed by atoms with Crippen LogP contribution in [0.1, 0.15) is 111 Å². The molecule has 0 atom stereocenters. The molecule has 0 saturated heterocycles. The average molecular weight is 1980 g/mol. The number of nitrogens with zero attached hydrogens (tertiary/aromatic N) is 4. The number of nitro benzene ring substituents is 2. The summed E-state index contributed by atoms with van der Waals surface area (Å²) in [6.07, 6.45) is 1.08. The second-order valence-electron chi connectivity index (χ2n) is 34.9. The highest BCUT2D eigenvalue weighted by Crippen LogP contribution is 2.41. The Hall–Kier alpha value is -14.7. The number of aryl methyl sites for hydroxylation is 18. The van der Waals surface area contributed by atoms with Crippen molar-refractivity contribution in [2.75, 3.05) is 0 Å². The lowest BCUT2D eigenvalue weighted by Crippen LogP contribution is -2.31. The van der Waals surface area contributed by atoms with E-state index in [1.165, 1.54) is 174 Å². The molecule has 0 amide bonds. The van der Waals surface area contributed by atoms with E-state index in [4.69, 9.17) is 10.0 Å². The molecule has 140 heavy (non-hydrogen) atoms. The van der Waals surface area contributed by atoms with E-state index >= 15 is 0 Å². The fourth-order valence-corrected chi connectivity index (χ4v) is 16.1. The van der Waals surface area contributed by atoms with Crippen LogP contribution in [-0.2, 0) is 6.42 Å². The van der Waals surface area contributed by atoms with Crippen molar-refractivity contribution < 1.29 is 19.9 Å². The summed E-state index contributed by atoms with van der Waals surface area (Å²) < 4.78 is 6.89. The van der Waals surface area contributed by atoms with Crippen LogP contribution < -0.4 is 5.46 Å². The van der Waals surface area contributed by atoms with Crippen molar-refractivity contribution in [1.29, 1.82) is 0 Å². The molecule has 0 radical (unpaired) electrons. The van der Waals surface area contributed by atoms with E-state index in [1.807, 2.05) is 36.4 Å². The van der Waals surface area contributed by atoms with Crippen molar-refractivity contribution in [3.63, 3.8) is 0 Å². The van der Waals surface area contributed by atoms with Gasteiger partial charge in [0.05, 0.1) is 42.9 Å². The van der Waals surface area contributed by atoms with Crippen molar-refractivity contribution in [3.8, 4) is 33.6 Å². The summed E-state index contributed by atoms with van der Waals surface area (Å²) in [5.41, 5.74) is 38.3. The highest BCUT2D eigenvalue weighted by Gasteiger charge is 2.24. The van der Waals surface area contributed by atoms with Crippen LogP contribution in [0, 0.1) is 145 Å². The smallest absolute Gasteiger partial charge is 0.423 e. The Morgan fingerprint density at radius 2 is 0.486 bits per heavy atom. The van der Waals surface area contributed by atoms with Crippen molar-refractivity contribution >= 4 is 99.4 Å². The topological polar surface area (TPSA) is 137 Å². The monoisotopic (exact) mass is 1970 g/mol. The van der Waals surface area contributed by atoms with Gasteiger partial charge in [0.2, 0.25) is 0 Å². The molecule has 0 aliphatic heterocycles. The van der Waals surface area contributed by atoms with Crippen LogP contribution in [0.4, 0.5) is 11.4 Å². The highest BCUT2D eigenvalue weighted by molar-refractivity contribution is 9.10. The standard InChI is InChI=1S/C25H18N2O2.C19H14BrN.C13H9Br.8C8H10.C6H6BNO4/c1-17-8-2-5-11-22(17)26-23-12-6-4-10-20(23)21-16-18(14-15-24(21)26)19-9-3-7-13-25(19)27(28)29;1-13-6-2-4-8-17(13)21-18-9-5-3-7-15(18)16-12-14(20)10-11-19(16)21;14-11-6-5-10-7-9-3-1-2-4-12(9)13(10)8-11;8*1-7-5-3-4-6-8(7)2;9-7(10)5-3-1-2-4-6(5)8(11)12/h2-16H,1H3;2-12H,1H3;1-6,8H,7H2;8*3-6H,1-2H3;1-4,9-10H. The van der Waals surface area contributed by atoms with Gasteiger partial charge in [-0.05, 0) is 332 Å². The highest BCUT2D eigenvalue weighted by atomic mass is 79.9. The van der Waals surface area contributed by atoms with Crippen molar-refractivity contribution in [1.82, 2.24) is 9.13 Å². The fraction of sp³-hybridized carbons (Fsp3) is 0.150. The molecule has 0 bridgehead atoms. The first-order valence-corrected chi connectivity index (χ1v) is 48.6. The van der Waals surface area contributed by atoms with Crippen LogP contribution in [0.3, 0.4) is 0 Å². The van der Waals surface area contributed by atoms with Crippen molar-refractivity contribution in [2.24, 2.45) is 0 Å². The maximum absolute atomic E-state index is 11.5. The number of halogens is 2. The Bertz CT molecular complexity index is 6810. The second-order valence-corrected chi connectivity index (χ2v) is 36.8. The van der Waals surface area contributed by atoms with Gasteiger partial charge in [-0.2, -0.15) is 0 Å². The number of fused-ring (bicyclic) bond motifs is 9. The Morgan fingerprint density at radius 3 is 0.814 bits per heavy atom. The molecule has 2 heterocycles. The fourth-order valence-electron chi connectivity index (χ4n) is 15.4.